The van der Waals surface area contributed by atoms with E-state index in [-0.39, 0.29) is 23.8 Å². The van der Waals surface area contributed by atoms with Gasteiger partial charge < -0.3 is 24.9 Å². The highest BCUT2D eigenvalue weighted by Gasteiger charge is 2.28. The number of hydrogen-bond acceptors (Lipinski definition) is 4. The van der Waals surface area contributed by atoms with Gasteiger partial charge in [0.05, 0.1) is 11.8 Å². The molecule has 8 heteroatoms. The van der Waals surface area contributed by atoms with Crippen molar-refractivity contribution in [3.63, 3.8) is 0 Å². The Bertz CT molecular complexity index is 1060. The summed E-state index contributed by atoms with van der Waals surface area (Å²) in [6.07, 6.45) is 6.53. The van der Waals surface area contributed by atoms with E-state index in [4.69, 9.17) is 4.42 Å². The number of nitrogens with one attached hydrogen (secondary N) is 3. The average molecular weight is 422 g/mol. The highest BCUT2D eigenvalue weighted by molar-refractivity contribution is 5.94. The van der Waals surface area contributed by atoms with Crippen molar-refractivity contribution in [2.75, 3.05) is 13.1 Å². The Kier molecular flexibility index (Phi) is 6.06. The molecule has 3 N–H and O–H groups in total. The van der Waals surface area contributed by atoms with E-state index in [9.17, 15) is 14.4 Å². The molecule has 3 amide bonds. The van der Waals surface area contributed by atoms with Crippen molar-refractivity contribution in [2.45, 2.75) is 38.3 Å². The highest BCUT2D eigenvalue weighted by atomic mass is 16.3. The summed E-state index contributed by atoms with van der Waals surface area (Å²) in [6.45, 7) is 2.53. The van der Waals surface area contributed by atoms with Crippen molar-refractivity contribution in [3.8, 4) is 0 Å². The maximum Gasteiger partial charge on any atom is 0.257 e. The van der Waals surface area contributed by atoms with Gasteiger partial charge in [-0.15, -0.1) is 0 Å². The number of H-pyrrole nitrogens is 1. The summed E-state index contributed by atoms with van der Waals surface area (Å²) in [6, 6.07) is 8.82. The summed E-state index contributed by atoms with van der Waals surface area (Å²) in [5.74, 6) is -0.519. The standard InChI is InChI=1S/C23H26N4O4/c1-15(28)25-21(12-17-13-24-20-5-3-2-4-19(17)20)22(29)26-18-6-9-27(10-7-18)23(30)16-8-11-31-14-16/h2-5,8,11,13-14,18,21,24H,6-7,9-10,12H2,1H3,(H,25,28)(H,26,29). The third kappa shape index (κ3) is 4.79. The minimum Gasteiger partial charge on any atom is -0.472 e. The van der Waals surface area contributed by atoms with Crippen LogP contribution in [0.5, 0.6) is 0 Å². The number of amides is 3. The molecule has 1 fully saturated rings. The zero-order chi connectivity index (χ0) is 21.8. The number of piperidine rings is 1. The summed E-state index contributed by atoms with van der Waals surface area (Å²) in [7, 11) is 0. The van der Waals surface area contributed by atoms with Gasteiger partial charge in [0.2, 0.25) is 11.8 Å². The summed E-state index contributed by atoms with van der Waals surface area (Å²) in [5.41, 5.74) is 2.51. The summed E-state index contributed by atoms with van der Waals surface area (Å²) in [4.78, 5) is 42.1. The van der Waals surface area contributed by atoms with Crippen LogP contribution in [-0.2, 0) is 16.0 Å². The van der Waals surface area contributed by atoms with Crippen molar-refractivity contribution in [1.29, 1.82) is 0 Å². The third-order valence-corrected chi connectivity index (χ3v) is 5.69. The van der Waals surface area contributed by atoms with Crippen LogP contribution >= 0.6 is 0 Å². The van der Waals surface area contributed by atoms with Gasteiger partial charge in [0.15, 0.2) is 0 Å². The van der Waals surface area contributed by atoms with E-state index in [1.54, 1.807) is 11.0 Å². The van der Waals surface area contributed by atoms with E-state index < -0.39 is 6.04 Å². The topological polar surface area (TPSA) is 107 Å². The Morgan fingerprint density at radius 3 is 2.68 bits per heavy atom. The molecule has 1 aliphatic rings. The van der Waals surface area contributed by atoms with Gasteiger partial charge >= 0.3 is 0 Å². The Labute approximate surface area is 180 Å². The first-order chi connectivity index (χ1) is 15.0. The Balaban J connectivity index is 1.37. The number of para-hydroxylation sites is 1. The van der Waals surface area contributed by atoms with Crippen LogP contribution in [0, 0.1) is 0 Å². The molecular formula is C23H26N4O4. The number of aromatic amines is 1. The number of fused-ring (bicyclic) bond motifs is 1. The first-order valence-corrected chi connectivity index (χ1v) is 10.4. The molecule has 0 bridgehead atoms. The molecule has 1 aliphatic heterocycles. The molecule has 162 valence electrons. The molecule has 0 spiro atoms. The molecule has 31 heavy (non-hydrogen) atoms. The Morgan fingerprint density at radius 1 is 1.19 bits per heavy atom. The maximum atomic E-state index is 13.0. The van der Waals surface area contributed by atoms with Gasteiger partial charge in [0.1, 0.15) is 12.3 Å². The Morgan fingerprint density at radius 2 is 1.97 bits per heavy atom. The van der Waals surface area contributed by atoms with E-state index >= 15 is 0 Å². The first kappa shape index (κ1) is 20.7. The number of nitrogens with zero attached hydrogens (tertiary/aromatic N) is 1. The number of hydrogen-bond donors (Lipinski definition) is 3. The van der Waals surface area contributed by atoms with Crippen molar-refractivity contribution < 1.29 is 18.8 Å². The minimum absolute atomic E-state index is 0.0415. The number of aromatic nitrogens is 1. The lowest BCUT2D eigenvalue weighted by Gasteiger charge is -2.33. The number of likely N-dealkylation sites (tertiary alicyclic amines) is 1. The van der Waals surface area contributed by atoms with Gasteiger partial charge in [0.25, 0.3) is 5.91 Å². The monoisotopic (exact) mass is 422 g/mol. The Hall–Kier alpha value is -3.55. The normalized spacial score (nSPS) is 15.6. The fourth-order valence-corrected chi connectivity index (χ4v) is 4.07. The van der Waals surface area contributed by atoms with Gasteiger partial charge in [-0.2, -0.15) is 0 Å². The second kappa shape index (κ2) is 9.07. The molecule has 0 aliphatic carbocycles. The molecule has 1 saturated heterocycles. The lowest BCUT2D eigenvalue weighted by atomic mass is 10.0. The van der Waals surface area contributed by atoms with Crippen molar-refractivity contribution in [3.05, 3.63) is 60.2 Å². The summed E-state index contributed by atoms with van der Waals surface area (Å²) >= 11 is 0. The van der Waals surface area contributed by atoms with E-state index in [0.29, 0.717) is 37.9 Å². The van der Waals surface area contributed by atoms with Crippen LogP contribution in [-0.4, -0.2) is 52.8 Å². The summed E-state index contributed by atoms with van der Waals surface area (Å²) < 4.78 is 4.99. The lowest BCUT2D eigenvalue weighted by Crippen LogP contribution is -2.53. The van der Waals surface area contributed by atoms with Gasteiger partial charge in [-0.1, -0.05) is 18.2 Å². The van der Waals surface area contributed by atoms with Crippen molar-refractivity contribution in [1.82, 2.24) is 20.5 Å². The van der Waals surface area contributed by atoms with Crippen LogP contribution in [0.4, 0.5) is 0 Å². The molecule has 8 nitrogen and oxygen atoms in total. The third-order valence-electron chi connectivity index (χ3n) is 5.69. The predicted octanol–water partition coefficient (Wildman–Crippen LogP) is 2.23. The van der Waals surface area contributed by atoms with Crippen LogP contribution < -0.4 is 10.6 Å². The van der Waals surface area contributed by atoms with Crippen molar-refractivity contribution >= 4 is 28.6 Å². The van der Waals surface area contributed by atoms with Gasteiger partial charge in [-0.3, -0.25) is 14.4 Å². The van der Waals surface area contributed by atoms with Crippen LogP contribution in [0.3, 0.4) is 0 Å². The second-order valence-electron chi connectivity index (χ2n) is 7.90. The van der Waals surface area contributed by atoms with Crippen LogP contribution in [0.2, 0.25) is 0 Å². The number of carbonyl (C=O) groups excluding carboxylic acids is 3. The minimum atomic E-state index is -0.665. The quantitative estimate of drug-likeness (QED) is 0.566. The molecule has 0 saturated carbocycles. The van der Waals surface area contributed by atoms with Crippen molar-refractivity contribution in [2.24, 2.45) is 0 Å². The average Bonchev–Trinajstić information content (AvgIpc) is 3.44. The smallest absolute Gasteiger partial charge is 0.257 e. The summed E-state index contributed by atoms with van der Waals surface area (Å²) in [5, 5.41) is 6.88. The maximum absolute atomic E-state index is 13.0. The molecular weight excluding hydrogens is 396 g/mol. The van der Waals surface area contributed by atoms with E-state index in [0.717, 1.165) is 16.5 Å². The fourth-order valence-electron chi connectivity index (χ4n) is 4.07. The van der Waals surface area contributed by atoms with E-state index in [1.165, 1.54) is 19.5 Å². The highest BCUT2D eigenvalue weighted by Crippen LogP contribution is 2.20. The zero-order valence-corrected chi connectivity index (χ0v) is 17.4. The lowest BCUT2D eigenvalue weighted by molar-refractivity contribution is -0.128. The largest absolute Gasteiger partial charge is 0.472 e. The zero-order valence-electron chi connectivity index (χ0n) is 17.4. The van der Waals surface area contributed by atoms with Gasteiger partial charge in [-0.05, 0) is 30.5 Å². The van der Waals surface area contributed by atoms with Crippen LogP contribution in [0.15, 0.2) is 53.5 Å². The van der Waals surface area contributed by atoms with Crippen LogP contribution in [0.1, 0.15) is 35.7 Å². The van der Waals surface area contributed by atoms with E-state index in [2.05, 4.69) is 15.6 Å². The molecule has 1 atom stereocenters. The first-order valence-electron chi connectivity index (χ1n) is 10.4. The SMILES string of the molecule is CC(=O)NC(Cc1c[nH]c2ccccc12)C(=O)NC1CCN(C(=O)c2ccoc2)CC1. The number of rotatable bonds is 6. The number of benzene rings is 1. The molecule has 1 unspecified atom stereocenters. The molecule has 3 heterocycles. The predicted molar refractivity (Wildman–Crippen MR) is 115 cm³/mol. The number of furan rings is 1. The molecule has 4 rings (SSSR count). The molecule has 0 radical (unpaired) electrons. The van der Waals surface area contributed by atoms with Crippen LogP contribution in [0.25, 0.3) is 10.9 Å². The van der Waals surface area contributed by atoms with Gasteiger partial charge in [0, 0.05) is 49.6 Å². The molecule has 3 aromatic rings. The molecule has 2 aromatic heterocycles. The van der Waals surface area contributed by atoms with Gasteiger partial charge in [-0.25, -0.2) is 0 Å². The fraction of sp³-hybridized carbons (Fsp3) is 0.348. The second-order valence-corrected chi connectivity index (χ2v) is 7.90. The number of carbonyl (C=O) groups is 3. The van der Waals surface area contributed by atoms with E-state index in [1.807, 2.05) is 30.5 Å². The molecule has 1 aromatic carbocycles.